The smallest absolute Gasteiger partial charge is 0.0574 e. The van der Waals surface area contributed by atoms with Crippen molar-refractivity contribution in [3.05, 3.63) is 65.0 Å². The van der Waals surface area contributed by atoms with Gasteiger partial charge in [0.2, 0.25) is 0 Å². The third-order valence-corrected chi connectivity index (χ3v) is 3.79. The Morgan fingerprint density at radius 3 is 2.83 bits per heavy atom. The molecule has 1 aliphatic carbocycles. The maximum atomic E-state index is 6.27. The SMILES string of the molecule is Cc1cccc(C(N)CC2Cc3ccccc32)n1. The number of benzene rings is 1. The van der Waals surface area contributed by atoms with E-state index in [1.54, 1.807) is 0 Å². The summed E-state index contributed by atoms with van der Waals surface area (Å²) in [4.78, 5) is 4.52. The molecule has 0 radical (unpaired) electrons. The van der Waals surface area contributed by atoms with Gasteiger partial charge in [0.1, 0.15) is 0 Å². The van der Waals surface area contributed by atoms with Gasteiger partial charge in [-0.15, -0.1) is 0 Å². The number of aromatic nitrogens is 1. The van der Waals surface area contributed by atoms with Crippen LogP contribution in [0.4, 0.5) is 0 Å². The second kappa shape index (κ2) is 4.54. The van der Waals surface area contributed by atoms with Crippen LogP contribution in [0.25, 0.3) is 0 Å². The summed E-state index contributed by atoms with van der Waals surface area (Å²) in [5.74, 6) is 0.610. The number of nitrogens with zero attached hydrogens (tertiary/aromatic N) is 1. The normalized spacial score (nSPS) is 18.9. The summed E-state index contributed by atoms with van der Waals surface area (Å²) in [6.45, 7) is 2.01. The van der Waals surface area contributed by atoms with Crippen molar-refractivity contribution in [1.82, 2.24) is 4.98 Å². The average Bonchev–Trinajstić information content (AvgIpc) is 2.36. The van der Waals surface area contributed by atoms with Gasteiger partial charge in [-0.2, -0.15) is 0 Å². The predicted molar refractivity (Wildman–Crippen MR) is 73.4 cm³/mol. The molecule has 92 valence electrons. The van der Waals surface area contributed by atoms with Gasteiger partial charge in [0.05, 0.1) is 5.69 Å². The molecule has 3 rings (SSSR count). The van der Waals surface area contributed by atoms with Gasteiger partial charge in [0.25, 0.3) is 0 Å². The van der Waals surface area contributed by atoms with Crippen molar-refractivity contribution >= 4 is 0 Å². The number of hydrogen-bond acceptors (Lipinski definition) is 2. The lowest BCUT2D eigenvalue weighted by Gasteiger charge is -2.31. The second-order valence-electron chi connectivity index (χ2n) is 5.15. The summed E-state index contributed by atoms with van der Waals surface area (Å²) in [6, 6.07) is 14.8. The van der Waals surface area contributed by atoms with Crippen LogP contribution in [0, 0.1) is 6.92 Å². The fourth-order valence-electron chi connectivity index (χ4n) is 2.77. The van der Waals surface area contributed by atoms with Gasteiger partial charge in [-0.05, 0) is 48.9 Å². The van der Waals surface area contributed by atoms with E-state index in [1.165, 1.54) is 11.1 Å². The minimum Gasteiger partial charge on any atom is -0.323 e. The van der Waals surface area contributed by atoms with E-state index in [2.05, 4.69) is 29.2 Å². The summed E-state index contributed by atoms with van der Waals surface area (Å²) in [5.41, 5.74) is 11.3. The van der Waals surface area contributed by atoms with Crippen LogP contribution >= 0.6 is 0 Å². The highest BCUT2D eigenvalue weighted by atomic mass is 14.8. The molecule has 1 aromatic heterocycles. The first-order chi connectivity index (χ1) is 8.74. The molecule has 18 heavy (non-hydrogen) atoms. The van der Waals surface area contributed by atoms with Gasteiger partial charge in [-0.3, -0.25) is 4.98 Å². The minimum atomic E-state index is 0.0447. The molecular formula is C16H18N2. The zero-order chi connectivity index (χ0) is 12.5. The number of fused-ring (bicyclic) bond motifs is 1. The van der Waals surface area contributed by atoms with Crippen molar-refractivity contribution in [3.63, 3.8) is 0 Å². The van der Waals surface area contributed by atoms with Crippen LogP contribution in [-0.2, 0) is 6.42 Å². The molecule has 2 aromatic rings. The average molecular weight is 238 g/mol. The number of nitrogens with two attached hydrogens (primary N) is 1. The third kappa shape index (κ3) is 2.04. The van der Waals surface area contributed by atoms with Gasteiger partial charge in [0.15, 0.2) is 0 Å². The molecular weight excluding hydrogens is 220 g/mol. The Labute approximate surface area is 108 Å². The molecule has 0 aliphatic heterocycles. The summed E-state index contributed by atoms with van der Waals surface area (Å²) in [5, 5.41) is 0. The Balaban J connectivity index is 1.72. The van der Waals surface area contributed by atoms with Crippen LogP contribution in [0.5, 0.6) is 0 Å². The fraction of sp³-hybridized carbons (Fsp3) is 0.312. The highest BCUT2D eigenvalue weighted by Gasteiger charge is 2.27. The second-order valence-corrected chi connectivity index (χ2v) is 5.15. The van der Waals surface area contributed by atoms with Crippen molar-refractivity contribution in [3.8, 4) is 0 Å². The van der Waals surface area contributed by atoms with E-state index < -0.39 is 0 Å². The monoisotopic (exact) mass is 238 g/mol. The number of rotatable bonds is 3. The Morgan fingerprint density at radius 2 is 2.06 bits per heavy atom. The summed E-state index contributed by atoms with van der Waals surface area (Å²) in [7, 11) is 0. The molecule has 2 unspecified atom stereocenters. The molecule has 1 aromatic carbocycles. The van der Waals surface area contributed by atoms with Crippen molar-refractivity contribution in [2.75, 3.05) is 0 Å². The highest BCUT2D eigenvalue weighted by molar-refractivity contribution is 5.40. The molecule has 2 nitrogen and oxygen atoms in total. The first kappa shape index (κ1) is 11.4. The largest absolute Gasteiger partial charge is 0.323 e. The van der Waals surface area contributed by atoms with Crippen molar-refractivity contribution in [1.29, 1.82) is 0 Å². The topological polar surface area (TPSA) is 38.9 Å². The molecule has 1 aliphatic rings. The van der Waals surface area contributed by atoms with Gasteiger partial charge in [-0.25, -0.2) is 0 Å². The summed E-state index contributed by atoms with van der Waals surface area (Å²) >= 11 is 0. The van der Waals surface area contributed by atoms with Crippen molar-refractivity contribution in [2.24, 2.45) is 5.73 Å². The summed E-state index contributed by atoms with van der Waals surface area (Å²) < 4.78 is 0. The maximum Gasteiger partial charge on any atom is 0.0574 e. The first-order valence-electron chi connectivity index (χ1n) is 6.51. The predicted octanol–water partition coefficient (Wildman–Crippen LogP) is 3.12. The van der Waals surface area contributed by atoms with E-state index in [1.807, 2.05) is 25.1 Å². The fourth-order valence-corrected chi connectivity index (χ4v) is 2.77. The Hall–Kier alpha value is -1.67. The molecule has 0 amide bonds. The minimum absolute atomic E-state index is 0.0447. The molecule has 1 heterocycles. The molecule has 0 spiro atoms. The van der Waals surface area contributed by atoms with E-state index in [-0.39, 0.29) is 6.04 Å². The molecule has 2 N–H and O–H groups in total. The molecule has 0 saturated carbocycles. The highest BCUT2D eigenvalue weighted by Crippen LogP contribution is 2.39. The number of aryl methyl sites for hydroxylation is 1. The molecule has 2 atom stereocenters. The molecule has 0 saturated heterocycles. The Morgan fingerprint density at radius 1 is 1.22 bits per heavy atom. The van der Waals surface area contributed by atoms with Crippen LogP contribution < -0.4 is 5.73 Å². The lowest BCUT2D eigenvalue weighted by Crippen LogP contribution is -2.23. The molecule has 2 heteroatoms. The summed E-state index contributed by atoms with van der Waals surface area (Å²) in [6.07, 6.45) is 2.16. The van der Waals surface area contributed by atoms with Gasteiger partial charge >= 0.3 is 0 Å². The van der Waals surface area contributed by atoms with E-state index in [9.17, 15) is 0 Å². The number of hydrogen-bond donors (Lipinski definition) is 1. The Kier molecular flexibility index (Phi) is 2.88. The lowest BCUT2D eigenvalue weighted by atomic mass is 9.74. The Bertz CT molecular complexity index is 563. The van der Waals surface area contributed by atoms with Crippen LogP contribution in [0.2, 0.25) is 0 Å². The maximum absolute atomic E-state index is 6.27. The van der Waals surface area contributed by atoms with Gasteiger partial charge in [-0.1, -0.05) is 30.3 Å². The van der Waals surface area contributed by atoms with Gasteiger partial charge in [0, 0.05) is 11.7 Å². The van der Waals surface area contributed by atoms with Crippen LogP contribution in [0.1, 0.15) is 40.9 Å². The van der Waals surface area contributed by atoms with E-state index in [0.717, 1.165) is 24.2 Å². The third-order valence-electron chi connectivity index (χ3n) is 3.79. The first-order valence-corrected chi connectivity index (χ1v) is 6.51. The molecule has 0 fully saturated rings. The van der Waals surface area contributed by atoms with Crippen molar-refractivity contribution < 1.29 is 0 Å². The lowest BCUT2D eigenvalue weighted by molar-refractivity contribution is 0.491. The van der Waals surface area contributed by atoms with Crippen molar-refractivity contribution in [2.45, 2.75) is 31.7 Å². The molecule has 0 bridgehead atoms. The zero-order valence-electron chi connectivity index (χ0n) is 10.6. The van der Waals surface area contributed by atoms with Gasteiger partial charge < -0.3 is 5.73 Å². The van der Waals surface area contributed by atoms with Crippen LogP contribution in [0.3, 0.4) is 0 Å². The van der Waals surface area contributed by atoms with E-state index in [4.69, 9.17) is 5.73 Å². The standard InChI is InChI=1S/C16H18N2/c1-11-5-4-8-16(18-11)15(17)10-13-9-12-6-2-3-7-14(12)13/h2-8,13,15H,9-10,17H2,1H3. The quantitative estimate of drug-likeness (QED) is 0.892. The number of pyridine rings is 1. The van der Waals surface area contributed by atoms with E-state index >= 15 is 0 Å². The van der Waals surface area contributed by atoms with Crippen LogP contribution in [-0.4, -0.2) is 4.98 Å². The zero-order valence-corrected chi connectivity index (χ0v) is 10.6. The van der Waals surface area contributed by atoms with E-state index in [0.29, 0.717) is 5.92 Å². The van der Waals surface area contributed by atoms with Crippen LogP contribution in [0.15, 0.2) is 42.5 Å².